The molecule has 2 amide bonds. The first kappa shape index (κ1) is 25.0. The second-order valence-corrected chi connectivity index (χ2v) is 10.8. The van der Waals surface area contributed by atoms with Gasteiger partial charge in [-0.1, -0.05) is 25.2 Å². The van der Waals surface area contributed by atoms with Crippen molar-refractivity contribution in [1.29, 1.82) is 0 Å². The van der Waals surface area contributed by atoms with E-state index < -0.39 is 5.97 Å². The maximum absolute atomic E-state index is 13.5. The van der Waals surface area contributed by atoms with Crippen LogP contribution < -0.4 is 10.2 Å². The van der Waals surface area contributed by atoms with Crippen molar-refractivity contribution in [3.05, 3.63) is 58.2 Å². The lowest BCUT2D eigenvalue weighted by Gasteiger charge is -2.33. The molecular formula is C27H32N2O5S. The van der Waals surface area contributed by atoms with E-state index in [1.807, 2.05) is 38.1 Å². The second-order valence-electron chi connectivity index (χ2n) is 9.74. The SMILES string of the molecule is CC(C)N(c1cc(C2=CCC(NC(=O)c3ccoc3)C=C2)sc1C(=O)O)C(=O)[C@H]1CC[C@H](C)CC1. The van der Waals surface area contributed by atoms with E-state index >= 15 is 0 Å². The Kier molecular flexibility index (Phi) is 7.60. The molecule has 0 spiro atoms. The summed E-state index contributed by atoms with van der Waals surface area (Å²) in [6.45, 7) is 6.08. The highest BCUT2D eigenvalue weighted by Crippen LogP contribution is 2.39. The van der Waals surface area contributed by atoms with Crippen molar-refractivity contribution in [3.63, 3.8) is 0 Å². The molecule has 2 aliphatic carbocycles. The van der Waals surface area contributed by atoms with Crippen molar-refractivity contribution < 1.29 is 23.9 Å². The summed E-state index contributed by atoms with van der Waals surface area (Å²) >= 11 is 1.18. The first-order valence-corrected chi connectivity index (χ1v) is 13.0. The number of carbonyl (C=O) groups excluding carboxylic acids is 2. The van der Waals surface area contributed by atoms with Gasteiger partial charge in [-0.25, -0.2) is 4.79 Å². The van der Waals surface area contributed by atoms with Gasteiger partial charge in [-0.2, -0.15) is 0 Å². The number of furan rings is 1. The number of nitrogens with zero attached hydrogens (tertiary/aromatic N) is 1. The van der Waals surface area contributed by atoms with E-state index in [0.717, 1.165) is 36.1 Å². The highest BCUT2D eigenvalue weighted by atomic mass is 32.1. The Hall–Kier alpha value is -3.13. The van der Waals surface area contributed by atoms with Gasteiger partial charge >= 0.3 is 5.97 Å². The van der Waals surface area contributed by atoms with Gasteiger partial charge in [-0.3, -0.25) is 9.59 Å². The number of carboxylic acid groups (broad SMARTS) is 1. The average Bonchev–Trinajstić information content (AvgIpc) is 3.51. The summed E-state index contributed by atoms with van der Waals surface area (Å²) in [6.07, 6.45) is 13.0. The molecule has 0 saturated heterocycles. The summed E-state index contributed by atoms with van der Waals surface area (Å²) < 4.78 is 4.96. The maximum atomic E-state index is 13.5. The van der Waals surface area contributed by atoms with Gasteiger partial charge < -0.3 is 19.7 Å². The fourth-order valence-corrected chi connectivity index (χ4v) is 5.78. The van der Waals surface area contributed by atoms with Gasteiger partial charge in [0.25, 0.3) is 5.91 Å². The van der Waals surface area contributed by atoms with E-state index in [9.17, 15) is 19.5 Å². The predicted molar refractivity (Wildman–Crippen MR) is 137 cm³/mol. The predicted octanol–water partition coefficient (Wildman–Crippen LogP) is 5.75. The largest absolute Gasteiger partial charge is 0.477 e. The molecule has 0 aromatic carbocycles. The van der Waals surface area contributed by atoms with Crippen molar-refractivity contribution in [1.82, 2.24) is 5.32 Å². The lowest BCUT2D eigenvalue weighted by molar-refractivity contribution is -0.123. The van der Waals surface area contributed by atoms with Gasteiger partial charge in [-0.15, -0.1) is 11.3 Å². The van der Waals surface area contributed by atoms with Crippen molar-refractivity contribution in [2.24, 2.45) is 11.8 Å². The molecule has 0 radical (unpaired) electrons. The molecule has 2 heterocycles. The average molecular weight is 497 g/mol. The monoisotopic (exact) mass is 496 g/mol. The van der Waals surface area contributed by atoms with Crippen molar-refractivity contribution in [3.8, 4) is 0 Å². The summed E-state index contributed by atoms with van der Waals surface area (Å²) in [5.74, 6) is -0.647. The third-order valence-electron chi connectivity index (χ3n) is 6.77. The van der Waals surface area contributed by atoms with E-state index in [1.54, 1.807) is 11.0 Å². The lowest BCUT2D eigenvalue weighted by Crippen LogP contribution is -2.42. The first-order valence-electron chi connectivity index (χ1n) is 12.2. The van der Waals surface area contributed by atoms with E-state index in [1.165, 1.54) is 23.9 Å². The number of nitrogens with one attached hydrogen (secondary N) is 1. The second kappa shape index (κ2) is 10.6. The van der Waals surface area contributed by atoms with E-state index in [0.29, 0.717) is 23.6 Å². The third kappa shape index (κ3) is 5.59. The van der Waals surface area contributed by atoms with Crippen LogP contribution in [0.15, 0.2) is 47.3 Å². The number of thiophene rings is 1. The quantitative estimate of drug-likeness (QED) is 0.508. The molecule has 1 saturated carbocycles. The zero-order valence-electron chi connectivity index (χ0n) is 20.3. The fourth-order valence-electron chi connectivity index (χ4n) is 4.77. The summed E-state index contributed by atoms with van der Waals surface area (Å²) in [4.78, 5) is 40.6. The standard InChI is InChI=1S/C27H32N2O5S/c1-16(2)29(26(31)19-6-4-17(3)5-7-19)22-14-23(35-24(22)27(32)33)18-8-10-21(11-9-18)28-25(30)20-12-13-34-15-20/h8-10,12-17,19,21H,4-7,11H2,1-3H3,(H,28,30)(H,32,33)/t17-,19-,21?. The van der Waals surface area contributed by atoms with Crippen LogP contribution in [-0.2, 0) is 4.79 Å². The number of aromatic carboxylic acids is 1. The molecular weight excluding hydrogens is 464 g/mol. The van der Waals surface area contributed by atoms with Crippen LogP contribution in [0.5, 0.6) is 0 Å². The Balaban J connectivity index is 1.53. The Bertz CT molecular complexity index is 1140. The Morgan fingerprint density at radius 1 is 1.20 bits per heavy atom. The number of hydrogen-bond acceptors (Lipinski definition) is 5. The maximum Gasteiger partial charge on any atom is 0.348 e. The smallest absolute Gasteiger partial charge is 0.348 e. The summed E-state index contributed by atoms with van der Waals surface area (Å²) in [5.41, 5.74) is 1.83. The van der Waals surface area contributed by atoms with Crippen LogP contribution in [0.2, 0.25) is 0 Å². The minimum absolute atomic E-state index is 0.0222. The number of amides is 2. The van der Waals surface area contributed by atoms with Gasteiger partial charge in [0.05, 0.1) is 23.6 Å². The van der Waals surface area contributed by atoms with Crippen LogP contribution in [0.3, 0.4) is 0 Å². The molecule has 2 aliphatic rings. The van der Waals surface area contributed by atoms with Crippen molar-refractivity contribution >= 4 is 40.4 Å². The van der Waals surface area contributed by atoms with Crippen molar-refractivity contribution in [2.75, 3.05) is 4.90 Å². The summed E-state index contributed by atoms with van der Waals surface area (Å²) in [7, 11) is 0. The number of rotatable bonds is 7. The minimum atomic E-state index is -1.03. The van der Waals surface area contributed by atoms with E-state index in [2.05, 4.69) is 12.2 Å². The van der Waals surface area contributed by atoms with Crippen LogP contribution in [0.1, 0.15) is 77.8 Å². The number of anilines is 1. The zero-order valence-corrected chi connectivity index (χ0v) is 21.1. The fraction of sp³-hybridized carbons (Fsp3) is 0.444. The van der Waals surface area contributed by atoms with Crippen molar-refractivity contribution in [2.45, 2.75) is 65.0 Å². The summed E-state index contributed by atoms with van der Waals surface area (Å²) in [5, 5.41) is 12.9. The molecule has 2 N–H and O–H groups in total. The van der Waals surface area contributed by atoms with Gasteiger partial charge in [-0.05, 0) is 69.6 Å². The van der Waals surface area contributed by atoms with Crippen LogP contribution in [0.25, 0.3) is 5.57 Å². The molecule has 1 fully saturated rings. The third-order valence-corrected chi connectivity index (χ3v) is 7.93. The van der Waals surface area contributed by atoms with Gasteiger partial charge in [0.15, 0.2) is 0 Å². The van der Waals surface area contributed by atoms with E-state index in [4.69, 9.17) is 4.42 Å². The topological polar surface area (TPSA) is 99.8 Å². The van der Waals surface area contributed by atoms with Crippen LogP contribution in [-0.4, -0.2) is 35.0 Å². The van der Waals surface area contributed by atoms with E-state index in [-0.39, 0.29) is 34.7 Å². The minimum Gasteiger partial charge on any atom is -0.477 e. The number of allylic oxidation sites excluding steroid dienone is 2. The number of carboxylic acids is 1. The molecule has 8 heteroatoms. The van der Waals surface area contributed by atoms with Crippen LogP contribution in [0.4, 0.5) is 5.69 Å². The molecule has 0 bridgehead atoms. The molecule has 1 atom stereocenters. The molecule has 7 nitrogen and oxygen atoms in total. The normalized spacial score (nSPS) is 22.1. The Morgan fingerprint density at radius 3 is 2.51 bits per heavy atom. The molecule has 186 valence electrons. The number of hydrogen-bond donors (Lipinski definition) is 2. The zero-order chi connectivity index (χ0) is 25.1. The van der Waals surface area contributed by atoms with Gasteiger partial charge in [0.2, 0.25) is 5.91 Å². The number of carbonyl (C=O) groups is 3. The highest BCUT2D eigenvalue weighted by molar-refractivity contribution is 7.15. The molecule has 2 aromatic heterocycles. The molecule has 2 aromatic rings. The highest BCUT2D eigenvalue weighted by Gasteiger charge is 2.33. The first-order chi connectivity index (χ1) is 16.7. The van der Waals surface area contributed by atoms with Crippen LogP contribution >= 0.6 is 11.3 Å². The van der Waals surface area contributed by atoms with Gasteiger partial charge in [0, 0.05) is 16.8 Å². The van der Waals surface area contributed by atoms with Crippen LogP contribution in [0, 0.1) is 11.8 Å². The molecule has 35 heavy (non-hydrogen) atoms. The molecule has 1 unspecified atom stereocenters. The summed E-state index contributed by atoms with van der Waals surface area (Å²) in [6, 6.07) is 3.13. The Morgan fingerprint density at radius 2 is 1.94 bits per heavy atom. The Labute approximate surface area is 209 Å². The van der Waals surface area contributed by atoms with Gasteiger partial charge in [0.1, 0.15) is 11.1 Å². The molecule has 0 aliphatic heterocycles. The lowest BCUT2D eigenvalue weighted by atomic mass is 9.82. The molecule has 4 rings (SSSR count).